The van der Waals surface area contributed by atoms with Gasteiger partial charge >= 0.3 is 0 Å². The summed E-state index contributed by atoms with van der Waals surface area (Å²) in [6.45, 7) is 5.07. The number of unbranched alkanes of at least 4 members (excludes halogenated alkanes) is 1. The Hall–Kier alpha value is -0.450. The van der Waals surface area contributed by atoms with Crippen molar-refractivity contribution < 1.29 is 5.11 Å². The van der Waals surface area contributed by atoms with E-state index in [1.54, 1.807) is 11.3 Å². The topological polar surface area (TPSA) is 36.4 Å². The lowest BCUT2D eigenvalue weighted by molar-refractivity contribution is 0.187. The quantitative estimate of drug-likeness (QED) is 0.751. The summed E-state index contributed by atoms with van der Waals surface area (Å²) in [5.74, 6) is 0. The highest BCUT2D eigenvalue weighted by molar-refractivity contribution is 7.07. The van der Waals surface area contributed by atoms with Crippen LogP contribution < -0.4 is 0 Å². The van der Waals surface area contributed by atoms with Crippen LogP contribution in [0, 0.1) is 0 Å². The summed E-state index contributed by atoms with van der Waals surface area (Å²) in [4.78, 5) is 6.49. The monoisotopic (exact) mass is 214 g/mol. The van der Waals surface area contributed by atoms with Crippen LogP contribution in [0.2, 0.25) is 0 Å². The molecule has 1 N–H and O–H groups in total. The maximum atomic E-state index is 8.91. The molecule has 0 amide bonds. The van der Waals surface area contributed by atoms with Crippen LogP contribution in [0.4, 0.5) is 0 Å². The van der Waals surface area contributed by atoms with Crippen molar-refractivity contribution in [2.45, 2.75) is 26.3 Å². The van der Waals surface area contributed by atoms with Gasteiger partial charge in [-0.3, -0.25) is 4.90 Å². The molecule has 0 aliphatic rings. The second-order valence-corrected chi connectivity index (χ2v) is 4.05. The number of hydrogen-bond donors (Lipinski definition) is 1. The van der Waals surface area contributed by atoms with Gasteiger partial charge in [0, 0.05) is 18.5 Å². The van der Waals surface area contributed by atoms with Crippen molar-refractivity contribution in [1.82, 2.24) is 9.88 Å². The SMILES string of the molecule is CCCCN(CCO)Cc1cscn1. The molecule has 0 unspecified atom stereocenters. The van der Waals surface area contributed by atoms with E-state index in [0.29, 0.717) is 0 Å². The minimum absolute atomic E-state index is 0.230. The zero-order valence-corrected chi connectivity index (χ0v) is 9.46. The number of hydrogen-bond acceptors (Lipinski definition) is 4. The fourth-order valence-corrected chi connectivity index (χ4v) is 1.89. The molecule has 0 atom stereocenters. The van der Waals surface area contributed by atoms with Gasteiger partial charge in [-0.15, -0.1) is 11.3 Å². The van der Waals surface area contributed by atoms with Crippen molar-refractivity contribution in [3.63, 3.8) is 0 Å². The molecule has 14 heavy (non-hydrogen) atoms. The van der Waals surface area contributed by atoms with Gasteiger partial charge in [-0.05, 0) is 13.0 Å². The van der Waals surface area contributed by atoms with E-state index in [-0.39, 0.29) is 6.61 Å². The van der Waals surface area contributed by atoms with Crippen LogP contribution in [0.1, 0.15) is 25.5 Å². The van der Waals surface area contributed by atoms with Crippen LogP contribution in [0.25, 0.3) is 0 Å². The first-order chi connectivity index (χ1) is 6.86. The summed E-state index contributed by atoms with van der Waals surface area (Å²) in [5, 5.41) is 11.0. The number of rotatable bonds is 7. The van der Waals surface area contributed by atoms with E-state index in [0.717, 1.165) is 25.3 Å². The normalized spacial score (nSPS) is 11.1. The molecule has 1 aromatic heterocycles. The second-order valence-electron chi connectivity index (χ2n) is 3.33. The van der Waals surface area contributed by atoms with Crippen LogP contribution in [0.3, 0.4) is 0 Å². The average molecular weight is 214 g/mol. The molecule has 0 fully saturated rings. The molecule has 0 aliphatic carbocycles. The molecule has 3 nitrogen and oxygen atoms in total. The summed E-state index contributed by atoms with van der Waals surface area (Å²) in [6.07, 6.45) is 2.38. The highest BCUT2D eigenvalue weighted by Crippen LogP contribution is 2.06. The third-order valence-electron chi connectivity index (χ3n) is 2.11. The summed E-state index contributed by atoms with van der Waals surface area (Å²) < 4.78 is 0. The van der Waals surface area contributed by atoms with E-state index in [1.807, 2.05) is 5.51 Å². The van der Waals surface area contributed by atoms with Crippen molar-refractivity contribution in [1.29, 1.82) is 0 Å². The lowest BCUT2D eigenvalue weighted by Crippen LogP contribution is -2.27. The fourth-order valence-electron chi connectivity index (χ4n) is 1.34. The van der Waals surface area contributed by atoms with Crippen molar-refractivity contribution >= 4 is 11.3 Å². The first-order valence-corrected chi connectivity index (χ1v) is 6.01. The van der Waals surface area contributed by atoms with E-state index < -0.39 is 0 Å². The third kappa shape index (κ3) is 4.17. The molecule has 0 bridgehead atoms. The molecule has 0 aliphatic heterocycles. The molecule has 0 spiro atoms. The molecule has 1 rings (SSSR count). The van der Waals surface area contributed by atoms with Crippen molar-refractivity contribution in [3.8, 4) is 0 Å². The Morgan fingerprint density at radius 1 is 1.50 bits per heavy atom. The number of aliphatic hydroxyl groups is 1. The third-order valence-corrected chi connectivity index (χ3v) is 2.75. The molecule has 1 heterocycles. The number of thiazole rings is 1. The van der Waals surface area contributed by atoms with E-state index in [9.17, 15) is 0 Å². The largest absolute Gasteiger partial charge is 0.395 e. The Balaban J connectivity index is 2.34. The highest BCUT2D eigenvalue weighted by Gasteiger charge is 2.05. The van der Waals surface area contributed by atoms with Gasteiger partial charge in [0.1, 0.15) is 0 Å². The molecule has 0 saturated heterocycles. The minimum Gasteiger partial charge on any atom is -0.395 e. The standard InChI is InChI=1S/C10H18N2OS/c1-2-3-4-12(5-6-13)7-10-8-14-9-11-10/h8-9,13H,2-7H2,1H3. The maximum Gasteiger partial charge on any atom is 0.0795 e. The van der Waals surface area contributed by atoms with Gasteiger partial charge in [0.25, 0.3) is 0 Å². The van der Waals surface area contributed by atoms with Crippen molar-refractivity contribution in [3.05, 3.63) is 16.6 Å². The second kappa shape index (κ2) is 6.92. The lowest BCUT2D eigenvalue weighted by atomic mass is 10.3. The van der Waals surface area contributed by atoms with Crippen LogP contribution in [-0.2, 0) is 6.54 Å². The molecule has 1 aromatic rings. The van der Waals surface area contributed by atoms with E-state index in [1.165, 1.54) is 12.8 Å². The summed E-state index contributed by atoms with van der Waals surface area (Å²) >= 11 is 1.62. The van der Waals surface area contributed by atoms with E-state index in [2.05, 4.69) is 22.2 Å². The molecular formula is C10H18N2OS. The predicted octanol–water partition coefficient (Wildman–Crippen LogP) is 1.74. The van der Waals surface area contributed by atoms with Crippen LogP contribution in [0.5, 0.6) is 0 Å². The van der Waals surface area contributed by atoms with Gasteiger partial charge in [0.05, 0.1) is 17.8 Å². The Morgan fingerprint density at radius 2 is 2.36 bits per heavy atom. The first-order valence-electron chi connectivity index (χ1n) is 5.07. The zero-order chi connectivity index (χ0) is 10.2. The predicted molar refractivity (Wildman–Crippen MR) is 59.4 cm³/mol. The molecule has 80 valence electrons. The summed E-state index contributed by atoms with van der Waals surface area (Å²) in [6, 6.07) is 0. The van der Waals surface area contributed by atoms with Crippen LogP contribution in [-0.4, -0.2) is 34.7 Å². The average Bonchev–Trinajstić information content (AvgIpc) is 2.67. The van der Waals surface area contributed by atoms with Crippen molar-refractivity contribution in [2.24, 2.45) is 0 Å². The molecular weight excluding hydrogens is 196 g/mol. The minimum atomic E-state index is 0.230. The molecule has 0 saturated carbocycles. The van der Waals surface area contributed by atoms with Crippen LogP contribution in [0.15, 0.2) is 10.9 Å². The Bertz CT molecular complexity index is 226. The van der Waals surface area contributed by atoms with Gasteiger partial charge in [-0.2, -0.15) is 0 Å². The van der Waals surface area contributed by atoms with Crippen molar-refractivity contribution in [2.75, 3.05) is 19.7 Å². The Morgan fingerprint density at radius 3 is 2.93 bits per heavy atom. The van der Waals surface area contributed by atoms with Gasteiger partial charge in [0.15, 0.2) is 0 Å². The lowest BCUT2D eigenvalue weighted by Gasteiger charge is -2.19. The van der Waals surface area contributed by atoms with E-state index in [4.69, 9.17) is 5.11 Å². The number of nitrogens with zero attached hydrogens (tertiary/aromatic N) is 2. The van der Waals surface area contributed by atoms with Gasteiger partial charge < -0.3 is 5.11 Å². The van der Waals surface area contributed by atoms with Gasteiger partial charge in [-0.25, -0.2) is 4.98 Å². The molecule has 0 radical (unpaired) electrons. The summed E-state index contributed by atoms with van der Waals surface area (Å²) in [5.41, 5.74) is 2.96. The summed E-state index contributed by atoms with van der Waals surface area (Å²) in [7, 11) is 0. The molecule has 0 aromatic carbocycles. The first kappa shape index (κ1) is 11.6. The van der Waals surface area contributed by atoms with Crippen LogP contribution >= 0.6 is 11.3 Å². The number of aliphatic hydroxyl groups excluding tert-OH is 1. The Kier molecular flexibility index (Phi) is 5.75. The number of aromatic nitrogens is 1. The maximum absolute atomic E-state index is 8.91. The smallest absolute Gasteiger partial charge is 0.0795 e. The fraction of sp³-hybridized carbons (Fsp3) is 0.700. The zero-order valence-electron chi connectivity index (χ0n) is 8.65. The highest BCUT2D eigenvalue weighted by atomic mass is 32.1. The Labute approximate surface area is 89.4 Å². The van der Waals surface area contributed by atoms with Gasteiger partial charge in [-0.1, -0.05) is 13.3 Å². The molecule has 4 heteroatoms. The van der Waals surface area contributed by atoms with E-state index >= 15 is 0 Å². The van der Waals surface area contributed by atoms with Gasteiger partial charge in [0.2, 0.25) is 0 Å².